The zero-order chi connectivity index (χ0) is 36.4. The third-order valence-corrected chi connectivity index (χ3v) is 10.6. The maximum atomic E-state index is 13.7. The first kappa shape index (κ1) is 35.5. The molecule has 274 valence electrons. The molecule has 3 atom stereocenters. The number of fused-ring (bicyclic) bond motifs is 2. The molecule has 5 aromatic rings. The van der Waals surface area contributed by atoms with Crippen LogP contribution in [0.15, 0.2) is 72.9 Å². The molecule has 3 aromatic heterocycles. The highest BCUT2D eigenvalue weighted by molar-refractivity contribution is 5.89. The number of benzene rings is 2. The minimum Gasteiger partial charge on any atom is -0.484 e. The molecular weight excluding hydrogens is 651 g/mol. The van der Waals surface area contributed by atoms with Crippen LogP contribution in [0.25, 0.3) is 11.3 Å². The Balaban J connectivity index is 1.08. The van der Waals surface area contributed by atoms with Crippen molar-refractivity contribution in [2.45, 2.75) is 96.7 Å². The van der Waals surface area contributed by atoms with E-state index in [4.69, 9.17) is 9.84 Å². The summed E-state index contributed by atoms with van der Waals surface area (Å²) < 4.78 is 10.6. The minimum atomic E-state index is -0.265. The Labute approximate surface area is 307 Å². The molecule has 2 amide bonds. The summed E-state index contributed by atoms with van der Waals surface area (Å²) in [4.78, 5) is 18.4. The van der Waals surface area contributed by atoms with Crippen LogP contribution in [0, 0.1) is 0 Å². The van der Waals surface area contributed by atoms with E-state index in [-0.39, 0.29) is 23.6 Å². The SMILES string of the molecule is CCN(C)CCc1cccc(-n2nc(C(C)(C)C)cc2NC(=O)N[C@H]2CC[C@@H](Oc3ccc4nnc(N5CCCCC5C)n4c3)c3ccccc32)c1. The number of hydrogen-bond donors (Lipinski definition) is 2. The summed E-state index contributed by atoms with van der Waals surface area (Å²) in [6.45, 7) is 13.8. The quantitative estimate of drug-likeness (QED) is 0.153. The van der Waals surface area contributed by atoms with Crippen molar-refractivity contribution < 1.29 is 9.53 Å². The zero-order valence-electron chi connectivity index (χ0n) is 31.5. The molecule has 0 spiro atoms. The standard InChI is InChI=1S/C41H53N9O2/c1-7-47(6)24-22-29-14-12-15-30(25-29)50-38(26-36(46-50)41(3,4)5)43-39(51)42-34-19-20-35(33-17-9-8-16-32(33)34)52-31-18-21-37-44-45-40(49(37)27-31)48-23-11-10-13-28(48)2/h8-9,12,14-18,21,25-28,34-35H,7,10-11,13,19-20,22-24H2,1-6H3,(H2,42,43,51)/t28?,34-,35+/m0/s1. The fourth-order valence-corrected chi connectivity index (χ4v) is 7.37. The van der Waals surface area contributed by atoms with Crippen LogP contribution < -0.4 is 20.3 Å². The molecule has 1 unspecified atom stereocenters. The second kappa shape index (κ2) is 15.0. The lowest BCUT2D eigenvalue weighted by molar-refractivity contribution is 0.171. The summed E-state index contributed by atoms with van der Waals surface area (Å²) >= 11 is 0. The van der Waals surface area contributed by atoms with Crippen LogP contribution in [0.5, 0.6) is 5.75 Å². The number of hydrogen-bond acceptors (Lipinski definition) is 7. The van der Waals surface area contributed by atoms with E-state index >= 15 is 0 Å². The fourth-order valence-electron chi connectivity index (χ4n) is 7.37. The van der Waals surface area contributed by atoms with Crippen molar-refractivity contribution in [3.63, 3.8) is 0 Å². The number of aromatic nitrogens is 5. The van der Waals surface area contributed by atoms with Gasteiger partial charge in [0.2, 0.25) is 5.95 Å². The zero-order valence-corrected chi connectivity index (χ0v) is 31.5. The first-order valence-corrected chi connectivity index (χ1v) is 18.9. The number of anilines is 2. The number of urea groups is 1. The van der Waals surface area contributed by atoms with E-state index in [0.29, 0.717) is 11.9 Å². The monoisotopic (exact) mass is 703 g/mol. The van der Waals surface area contributed by atoms with Crippen molar-refractivity contribution in [3.8, 4) is 11.4 Å². The molecule has 1 aliphatic heterocycles. The van der Waals surface area contributed by atoms with Crippen molar-refractivity contribution in [1.82, 2.24) is 34.6 Å². The van der Waals surface area contributed by atoms with Crippen molar-refractivity contribution in [2.75, 3.05) is 36.9 Å². The summed E-state index contributed by atoms with van der Waals surface area (Å²) in [7, 11) is 2.14. The van der Waals surface area contributed by atoms with Gasteiger partial charge in [0.15, 0.2) is 5.65 Å². The van der Waals surface area contributed by atoms with E-state index in [1.807, 2.05) is 47.3 Å². The maximum Gasteiger partial charge on any atom is 0.320 e. The molecule has 52 heavy (non-hydrogen) atoms. The normalized spacial score (nSPS) is 19.1. The van der Waals surface area contributed by atoms with Crippen molar-refractivity contribution >= 4 is 23.4 Å². The molecule has 0 saturated carbocycles. The molecule has 1 fully saturated rings. The lowest BCUT2D eigenvalue weighted by atomic mass is 9.85. The molecular formula is C41H53N9O2. The third-order valence-electron chi connectivity index (χ3n) is 10.6. The molecule has 1 aliphatic carbocycles. The molecule has 2 aromatic carbocycles. The van der Waals surface area contributed by atoms with Crippen LogP contribution in [0.2, 0.25) is 0 Å². The second-order valence-electron chi connectivity index (χ2n) is 15.5. The molecule has 2 aliphatic rings. The molecule has 0 radical (unpaired) electrons. The third kappa shape index (κ3) is 7.65. The summed E-state index contributed by atoms with van der Waals surface area (Å²) in [6.07, 6.45) is 7.86. The van der Waals surface area contributed by atoms with E-state index < -0.39 is 0 Å². The number of nitrogens with one attached hydrogen (secondary N) is 2. The van der Waals surface area contributed by atoms with Crippen LogP contribution in [0.1, 0.15) is 101 Å². The van der Waals surface area contributed by atoms with Gasteiger partial charge < -0.3 is 19.9 Å². The Morgan fingerprint density at radius 2 is 1.81 bits per heavy atom. The molecule has 11 nitrogen and oxygen atoms in total. The summed E-state index contributed by atoms with van der Waals surface area (Å²) in [5, 5.41) is 20.4. The van der Waals surface area contributed by atoms with E-state index in [9.17, 15) is 4.79 Å². The van der Waals surface area contributed by atoms with Crippen LogP contribution in [-0.2, 0) is 11.8 Å². The average molecular weight is 704 g/mol. The highest BCUT2D eigenvalue weighted by Gasteiger charge is 2.31. The topological polar surface area (TPSA) is 105 Å². The smallest absolute Gasteiger partial charge is 0.320 e. The minimum absolute atomic E-state index is 0.149. The molecule has 7 rings (SSSR count). The number of ether oxygens (including phenoxy) is 1. The van der Waals surface area contributed by atoms with Crippen molar-refractivity contribution in [2.24, 2.45) is 0 Å². The average Bonchev–Trinajstić information content (AvgIpc) is 3.76. The van der Waals surface area contributed by atoms with E-state index in [1.165, 1.54) is 12.0 Å². The Kier molecular flexibility index (Phi) is 10.2. The number of piperidine rings is 1. The molecule has 2 N–H and O–H groups in total. The summed E-state index contributed by atoms with van der Waals surface area (Å²) in [6, 6.07) is 22.6. The van der Waals surface area contributed by atoms with Gasteiger partial charge >= 0.3 is 6.03 Å². The van der Waals surface area contributed by atoms with Gasteiger partial charge in [-0.25, -0.2) is 9.48 Å². The lowest BCUT2D eigenvalue weighted by Crippen LogP contribution is -2.38. The van der Waals surface area contributed by atoms with Gasteiger partial charge in [0.05, 0.1) is 23.6 Å². The Hall–Kier alpha value is -4.90. The van der Waals surface area contributed by atoms with E-state index in [0.717, 1.165) is 91.6 Å². The highest BCUT2D eigenvalue weighted by atomic mass is 16.5. The largest absolute Gasteiger partial charge is 0.484 e. The molecule has 11 heteroatoms. The van der Waals surface area contributed by atoms with Gasteiger partial charge in [0.1, 0.15) is 17.7 Å². The van der Waals surface area contributed by atoms with Crippen LogP contribution >= 0.6 is 0 Å². The first-order chi connectivity index (χ1) is 25.1. The number of carbonyl (C=O) groups is 1. The van der Waals surface area contributed by atoms with Crippen LogP contribution in [-0.4, -0.2) is 68.0 Å². The van der Waals surface area contributed by atoms with Gasteiger partial charge in [-0.05, 0) is 100.0 Å². The number of amides is 2. The van der Waals surface area contributed by atoms with Crippen molar-refractivity contribution in [3.05, 3.63) is 95.3 Å². The fraction of sp³-hybridized carbons (Fsp3) is 0.463. The second-order valence-corrected chi connectivity index (χ2v) is 15.5. The molecule has 0 bridgehead atoms. The predicted molar refractivity (Wildman–Crippen MR) is 207 cm³/mol. The number of nitrogens with zero attached hydrogens (tertiary/aromatic N) is 7. The Morgan fingerprint density at radius 3 is 2.60 bits per heavy atom. The van der Waals surface area contributed by atoms with E-state index in [1.54, 1.807) is 0 Å². The number of carbonyl (C=O) groups excluding carboxylic acids is 1. The Bertz CT molecular complexity index is 2010. The summed E-state index contributed by atoms with van der Waals surface area (Å²) in [5.41, 5.74) is 5.83. The number of rotatable bonds is 10. The van der Waals surface area contributed by atoms with Crippen LogP contribution in [0.4, 0.5) is 16.6 Å². The maximum absolute atomic E-state index is 13.7. The van der Waals surface area contributed by atoms with Gasteiger partial charge in [0.25, 0.3) is 0 Å². The van der Waals surface area contributed by atoms with Gasteiger partial charge in [-0.2, -0.15) is 5.10 Å². The van der Waals surface area contributed by atoms with Crippen molar-refractivity contribution in [1.29, 1.82) is 0 Å². The van der Waals surface area contributed by atoms with E-state index in [2.05, 4.69) is 107 Å². The molecule has 4 heterocycles. The highest BCUT2D eigenvalue weighted by Crippen LogP contribution is 2.39. The Morgan fingerprint density at radius 1 is 0.981 bits per heavy atom. The lowest BCUT2D eigenvalue weighted by Gasteiger charge is -2.33. The van der Waals surface area contributed by atoms with Gasteiger partial charge in [-0.1, -0.05) is 64.1 Å². The van der Waals surface area contributed by atoms with Crippen LogP contribution in [0.3, 0.4) is 0 Å². The molecule has 1 saturated heterocycles. The number of pyridine rings is 1. The van der Waals surface area contributed by atoms with Gasteiger partial charge in [0, 0.05) is 30.6 Å². The van der Waals surface area contributed by atoms with Gasteiger partial charge in [-0.15, -0.1) is 10.2 Å². The summed E-state index contributed by atoms with van der Waals surface area (Å²) in [5.74, 6) is 2.28. The van der Waals surface area contributed by atoms with Gasteiger partial charge in [-0.3, -0.25) is 9.72 Å². The number of likely N-dealkylation sites (N-methyl/N-ethyl adjacent to an activating group) is 1. The predicted octanol–water partition coefficient (Wildman–Crippen LogP) is 7.86. The first-order valence-electron chi connectivity index (χ1n) is 18.9.